The van der Waals surface area contributed by atoms with Crippen LogP contribution in [0.25, 0.3) is 0 Å². The normalized spacial score (nSPS) is 10.1. The highest BCUT2D eigenvalue weighted by molar-refractivity contribution is 7.80. The number of anilines is 1. The summed E-state index contributed by atoms with van der Waals surface area (Å²) in [6.07, 6.45) is 0. The Morgan fingerprint density at radius 2 is 2.00 bits per heavy atom. The van der Waals surface area contributed by atoms with Gasteiger partial charge in [0.2, 0.25) is 0 Å². The average Bonchev–Trinajstić information content (AvgIpc) is 2.63. The van der Waals surface area contributed by atoms with E-state index < -0.39 is 10.8 Å². The molecule has 0 atom stereocenters. The van der Waals surface area contributed by atoms with Crippen molar-refractivity contribution in [2.24, 2.45) is 0 Å². The number of carbonyl (C=O) groups excluding carboxylic acids is 1. The van der Waals surface area contributed by atoms with Gasteiger partial charge in [0.15, 0.2) is 5.11 Å². The molecule has 27 heavy (non-hydrogen) atoms. The summed E-state index contributed by atoms with van der Waals surface area (Å²) in [6, 6.07) is 10.7. The number of nitrogens with one attached hydrogen (secondary N) is 2. The molecule has 0 radical (unpaired) electrons. The zero-order valence-electron chi connectivity index (χ0n) is 14.2. The molecule has 0 unspecified atom stereocenters. The van der Waals surface area contributed by atoms with E-state index in [4.69, 9.17) is 33.3 Å². The van der Waals surface area contributed by atoms with Gasteiger partial charge < -0.3 is 14.8 Å². The van der Waals surface area contributed by atoms with Gasteiger partial charge in [-0.05, 0) is 36.5 Å². The Kier molecular flexibility index (Phi) is 7.47. The summed E-state index contributed by atoms with van der Waals surface area (Å²) < 4.78 is 10.4. The van der Waals surface area contributed by atoms with Crippen molar-refractivity contribution in [3.05, 3.63) is 63.2 Å². The molecule has 0 aromatic heterocycles. The molecule has 2 aromatic carbocycles. The lowest BCUT2D eigenvalue weighted by atomic mass is 10.2. The van der Waals surface area contributed by atoms with Gasteiger partial charge in [-0.2, -0.15) is 0 Å². The summed E-state index contributed by atoms with van der Waals surface area (Å²) in [4.78, 5) is 23.0. The Morgan fingerprint density at radius 3 is 2.70 bits per heavy atom. The molecule has 0 fully saturated rings. The zero-order valence-corrected chi connectivity index (χ0v) is 15.8. The van der Waals surface area contributed by atoms with Crippen molar-refractivity contribution in [3.8, 4) is 5.75 Å². The molecule has 142 valence electrons. The van der Waals surface area contributed by atoms with Crippen molar-refractivity contribution < 1.29 is 19.2 Å². The highest BCUT2D eigenvalue weighted by Gasteiger charge is 2.18. The van der Waals surface area contributed by atoms with Gasteiger partial charge in [-0.1, -0.05) is 23.7 Å². The van der Waals surface area contributed by atoms with Gasteiger partial charge in [-0.3, -0.25) is 20.2 Å². The molecule has 0 bridgehead atoms. The van der Waals surface area contributed by atoms with Gasteiger partial charge in [0.05, 0.1) is 17.1 Å². The smallest absolute Gasteiger partial charge is 0.294 e. The number of hydrogen-bond acceptors (Lipinski definition) is 6. The maximum absolute atomic E-state index is 12.5. The summed E-state index contributed by atoms with van der Waals surface area (Å²) in [5.41, 5.74) is 0.116. The Labute approximate surface area is 165 Å². The number of hydrogen-bond donors (Lipinski definition) is 2. The van der Waals surface area contributed by atoms with E-state index in [-0.39, 0.29) is 33.7 Å². The van der Waals surface area contributed by atoms with Crippen LogP contribution in [-0.2, 0) is 4.74 Å². The number of halogens is 1. The first kappa shape index (κ1) is 20.6. The fraction of sp³-hybridized carbons (Fsp3) is 0.176. The van der Waals surface area contributed by atoms with Crippen molar-refractivity contribution in [1.82, 2.24) is 5.32 Å². The van der Waals surface area contributed by atoms with Crippen LogP contribution in [0.4, 0.5) is 11.4 Å². The molecular formula is C17H16ClN3O5S. The Balaban J connectivity index is 2.09. The second-order valence-electron chi connectivity index (χ2n) is 5.16. The molecule has 2 N–H and O–H groups in total. The first-order chi connectivity index (χ1) is 12.9. The monoisotopic (exact) mass is 409 g/mol. The van der Waals surface area contributed by atoms with Gasteiger partial charge in [0, 0.05) is 18.2 Å². The number of nitro groups is 1. The molecule has 0 aliphatic rings. The van der Waals surface area contributed by atoms with Gasteiger partial charge in [0.1, 0.15) is 18.0 Å². The van der Waals surface area contributed by atoms with Crippen LogP contribution in [0.1, 0.15) is 10.4 Å². The molecule has 0 saturated carbocycles. The number of methoxy groups -OCH3 is 1. The minimum absolute atomic E-state index is 0.0999. The van der Waals surface area contributed by atoms with Crippen LogP contribution in [0.2, 0.25) is 5.02 Å². The van der Waals surface area contributed by atoms with Crippen LogP contribution in [0.3, 0.4) is 0 Å². The number of benzene rings is 2. The van der Waals surface area contributed by atoms with E-state index in [0.717, 1.165) is 0 Å². The van der Waals surface area contributed by atoms with Gasteiger partial charge in [0.25, 0.3) is 11.6 Å². The van der Waals surface area contributed by atoms with Gasteiger partial charge in [-0.15, -0.1) is 0 Å². The quantitative estimate of drug-likeness (QED) is 0.312. The number of ether oxygens (including phenoxy) is 2. The van der Waals surface area contributed by atoms with E-state index in [1.54, 1.807) is 31.4 Å². The van der Waals surface area contributed by atoms with Crippen molar-refractivity contribution in [3.63, 3.8) is 0 Å². The molecule has 2 rings (SSSR count). The predicted octanol–water partition coefficient (Wildman–Crippen LogP) is 3.40. The third-order valence-electron chi connectivity index (χ3n) is 3.31. The summed E-state index contributed by atoms with van der Waals surface area (Å²) >= 11 is 10.9. The van der Waals surface area contributed by atoms with Crippen LogP contribution in [-0.4, -0.2) is 36.3 Å². The number of thiocarbonyl (C=S) groups is 1. The Bertz CT molecular complexity index is 862. The van der Waals surface area contributed by atoms with E-state index in [0.29, 0.717) is 12.4 Å². The fourth-order valence-electron chi connectivity index (χ4n) is 2.10. The van der Waals surface area contributed by atoms with E-state index in [1.807, 2.05) is 0 Å². The minimum atomic E-state index is -0.600. The molecule has 1 amide bonds. The molecule has 8 nitrogen and oxygen atoms in total. The van der Waals surface area contributed by atoms with Crippen molar-refractivity contribution >= 4 is 46.2 Å². The first-order valence-electron chi connectivity index (χ1n) is 7.69. The molecule has 0 aliphatic carbocycles. The molecule has 0 aliphatic heterocycles. The molecule has 10 heteroatoms. The second kappa shape index (κ2) is 9.81. The van der Waals surface area contributed by atoms with Crippen molar-refractivity contribution in [1.29, 1.82) is 0 Å². The van der Waals surface area contributed by atoms with E-state index in [1.165, 1.54) is 18.2 Å². The third kappa shape index (κ3) is 5.88. The van der Waals surface area contributed by atoms with Crippen molar-refractivity contribution in [2.75, 3.05) is 25.6 Å². The Morgan fingerprint density at radius 1 is 1.26 bits per heavy atom. The first-order valence-corrected chi connectivity index (χ1v) is 8.48. The van der Waals surface area contributed by atoms with Crippen LogP contribution >= 0.6 is 23.8 Å². The SMILES string of the molecule is COCCOc1ccccc1C(=O)NC(=S)Nc1ccc(Cl)cc1[N+](=O)[O-]. The van der Waals surface area contributed by atoms with E-state index in [9.17, 15) is 14.9 Å². The van der Waals surface area contributed by atoms with Crippen LogP contribution < -0.4 is 15.4 Å². The average molecular weight is 410 g/mol. The number of nitrogens with zero attached hydrogens (tertiary/aromatic N) is 1. The summed E-state index contributed by atoms with van der Waals surface area (Å²) in [7, 11) is 1.54. The molecule has 2 aromatic rings. The lowest BCUT2D eigenvalue weighted by Crippen LogP contribution is -2.34. The maximum Gasteiger partial charge on any atom is 0.294 e. The number of rotatable bonds is 7. The summed E-state index contributed by atoms with van der Waals surface area (Å²) in [5.74, 6) is -0.149. The Hall–Kier alpha value is -2.75. The van der Waals surface area contributed by atoms with Crippen LogP contribution in [0, 0.1) is 10.1 Å². The standard InChI is InChI=1S/C17H16ClN3O5S/c1-25-8-9-26-15-5-3-2-4-12(15)16(22)20-17(27)19-13-7-6-11(18)10-14(13)21(23)24/h2-7,10H,8-9H2,1H3,(H2,19,20,22,27). The molecule has 0 saturated heterocycles. The zero-order chi connectivity index (χ0) is 19.8. The predicted molar refractivity (Wildman–Crippen MR) is 106 cm³/mol. The number of para-hydroxylation sites is 1. The maximum atomic E-state index is 12.5. The minimum Gasteiger partial charge on any atom is -0.490 e. The lowest BCUT2D eigenvalue weighted by Gasteiger charge is -2.13. The number of amides is 1. The van der Waals surface area contributed by atoms with Crippen molar-refractivity contribution in [2.45, 2.75) is 0 Å². The topological polar surface area (TPSA) is 103 Å². The highest BCUT2D eigenvalue weighted by Crippen LogP contribution is 2.27. The number of carbonyl (C=O) groups is 1. The van der Waals surface area contributed by atoms with E-state index >= 15 is 0 Å². The molecule has 0 heterocycles. The third-order valence-corrected chi connectivity index (χ3v) is 3.75. The number of nitro benzene ring substituents is 1. The molecular weight excluding hydrogens is 394 g/mol. The van der Waals surface area contributed by atoms with Gasteiger partial charge in [-0.25, -0.2) is 0 Å². The summed E-state index contributed by atoms with van der Waals surface area (Å²) in [5, 5.41) is 16.3. The van der Waals surface area contributed by atoms with Crippen LogP contribution in [0.5, 0.6) is 5.75 Å². The fourth-order valence-corrected chi connectivity index (χ4v) is 2.47. The summed E-state index contributed by atoms with van der Waals surface area (Å²) in [6.45, 7) is 0.649. The van der Waals surface area contributed by atoms with E-state index in [2.05, 4.69) is 10.6 Å². The molecule has 0 spiro atoms. The lowest BCUT2D eigenvalue weighted by molar-refractivity contribution is -0.383. The highest BCUT2D eigenvalue weighted by atomic mass is 35.5. The van der Waals surface area contributed by atoms with Crippen LogP contribution in [0.15, 0.2) is 42.5 Å². The second-order valence-corrected chi connectivity index (χ2v) is 6.01. The van der Waals surface area contributed by atoms with Gasteiger partial charge >= 0.3 is 0 Å². The largest absolute Gasteiger partial charge is 0.490 e.